The van der Waals surface area contributed by atoms with Gasteiger partial charge in [-0.1, -0.05) is 18.2 Å². The van der Waals surface area contributed by atoms with Gasteiger partial charge >= 0.3 is 0 Å². The van der Waals surface area contributed by atoms with Crippen molar-refractivity contribution in [1.82, 2.24) is 0 Å². The normalized spacial score (nSPS) is 9.55. The van der Waals surface area contributed by atoms with Gasteiger partial charge in [0.2, 0.25) is 0 Å². The molecule has 1 aromatic carbocycles. The summed E-state index contributed by atoms with van der Waals surface area (Å²) < 4.78 is 0. The van der Waals surface area contributed by atoms with E-state index in [2.05, 4.69) is 6.07 Å². The zero-order valence-electron chi connectivity index (χ0n) is 6.21. The molecule has 0 aliphatic carbocycles. The Morgan fingerprint density at radius 1 is 1.64 bits per heavy atom. The Morgan fingerprint density at radius 2 is 2.45 bits per heavy atom. The largest absolute Gasteiger partial charge is 0.330 e. The third-order valence-electron chi connectivity index (χ3n) is 1.40. The van der Waals surface area contributed by atoms with Crippen LogP contribution in [-0.2, 0) is 0 Å². The van der Waals surface area contributed by atoms with Gasteiger partial charge in [-0.3, -0.25) is 4.79 Å². The van der Waals surface area contributed by atoms with Gasteiger partial charge in [-0.05, 0) is 18.7 Å². The molecule has 0 amide bonds. The first-order chi connectivity index (χ1) is 5.34. The predicted octanol–water partition coefficient (Wildman–Crippen LogP) is 1.02. The molecule has 0 bridgehead atoms. The Morgan fingerprint density at radius 3 is 3.00 bits per heavy atom. The molecule has 57 valence electrons. The zero-order chi connectivity index (χ0) is 8.10. The van der Waals surface area contributed by atoms with Gasteiger partial charge in [-0.25, -0.2) is 0 Å². The second kappa shape index (κ2) is 3.88. The van der Waals surface area contributed by atoms with Crippen molar-refractivity contribution in [3.8, 4) is 0 Å². The lowest BCUT2D eigenvalue weighted by Crippen LogP contribution is -2.07. The van der Waals surface area contributed by atoms with Crippen molar-refractivity contribution in [3.05, 3.63) is 35.9 Å². The van der Waals surface area contributed by atoms with E-state index in [0.29, 0.717) is 18.5 Å². The average Bonchev–Trinajstić information content (AvgIpc) is 2.07. The summed E-state index contributed by atoms with van der Waals surface area (Å²) >= 11 is 0. The van der Waals surface area contributed by atoms with Gasteiger partial charge in [0.15, 0.2) is 5.78 Å². The van der Waals surface area contributed by atoms with E-state index >= 15 is 0 Å². The van der Waals surface area contributed by atoms with Crippen molar-refractivity contribution >= 4 is 5.78 Å². The van der Waals surface area contributed by atoms with Crippen molar-refractivity contribution in [2.45, 2.75) is 6.42 Å². The number of hydrogen-bond acceptors (Lipinski definition) is 2. The fourth-order valence-corrected chi connectivity index (χ4v) is 0.842. The molecule has 1 radical (unpaired) electrons. The Labute approximate surface area is 66.0 Å². The summed E-state index contributed by atoms with van der Waals surface area (Å²) in [7, 11) is 0. The maximum absolute atomic E-state index is 11.1. The number of carbonyl (C=O) groups is 1. The summed E-state index contributed by atoms with van der Waals surface area (Å²) in [4.78, 5) is 11.1. The molecule has 0 spiro atoms. The fraction of sp³-hybridized carbons (Fsp3) is 0.222. The maximum atomic E-state index is 11.1. The second-order valence-corrected chi connectivity index (χ2v) is 2.25. The summed E-state index contributed by atoms with van der Waals surface area (Å²) in [5.74, 6) is 0.0874. The molecule has 11 heavy (non-hydrogen) atoms. The average molecular weight is 148 g/mol. The molecular weight excluding hydrogens is 138 g/mol. The van der Waals surface area contributed by atoms with Crippen molar-refractivity contribution < 1.29 is 4.79 Å². The van der Waals surface area contributed by atoms with Crippen LogP contribution in [0, 0.1) is 6.07 Å². The van der Waals surface area contributed by atoms with E-state index in [9.17, 15) is 4.79 Å². The topological polar surface area (TPSA) is 43.1 Å². The van der Waals surface area contributed by atoms with Crippen molar-refractivity contribution in [1.29, 1.82) is 0 Å². The first-order valence-corrected chi connectivity index (χ1v) is 3.54. The lowest BCUT2D eigenvalue weighted by Gasteiger charge is -1.95. The summed E-state index contributed by atoms with van der Waals surface area (Å²) in [5.41, 5.74) is 5.93. The third-order valence-corrected chi connectivity index (χ3v) is 1.40. The molecule has 0 aromatic heterocycles. The maximum Gasteiger partial charge on any atom is 0.164 e. The van der Waals surface area contributed by atoms with Crippen LogP contribution in [0.2, 0.25) is 0 Å². The van der Waals surface area contributed by atoms with Gasteiger partial charge in [0.05, 0.1) is 0 Å². The lowest BCUT2D eigenvalue weighted by atomic mass is 10.1. The van der Waals surface area contributed by atoms with Crippen LogP contribution in [0.15, 0.2) is 24.3 Å². The minimum Gasteiger partial charge on any atom is -0.330 e. The number of ketones is 1. The molecule has 2 heteroatoms. The number of nitrogens with two attached hydrogens (primary N) is 1. The van der Waals surface area contributed by atoms with E-state index in [1.165, 1.54) is 0 Å². The van der Waals surface area contributed by atoms with Crippen molar-refractivity contribution in [2.24, 2.45) is 5.73 Å². The van der Waals surface area contributed by atoms with Gasteiger partial charge in [-0.2, -0.15) is 0 Å². The highest BCUT2D eigenvalue weighted by Crippen LogP contribution is 2.00. The molecule has 0 saturated carbocycles. The van der Waals surface area contributed by atoms with Gasteiger partial charge in [0.25, 0.3) is 0 Å². The molecule has 0 aliphatic rings. The van der Waals surface area contributed by atoms with Crippen LogP contribution in [0.1, 0.15) is 16.8 Å². The van der Waals surface area contributed by atoms with Crippen LogP contribution >= 0.6 is 0 Å². The standard InChI is InChI=1S/C9H10NO/c10-7-6-9(11)8-4-2-1-3-5-8/h1-2,4-5H,6-7,10H2. The molecular formula is C9H10NO. The van der Waals surface area contributed by atoms with Crippen molar-refractivity contribution in [2.75, 3.05) is 6.54 Å². The third kappa shape index (κ3) is 2.16. The van der Waals surface area contributed by atoms with Crippen LogP contribution in [0.3, 0.4) is 0 Å². The van der Waals surface area contributed by atoms with Crippen LogP contribution in [0.4, 0.5) is 0 Å². The predicted molar refractivity (Wildman–Crippen MR) is 43.3 cm³/mol. The fourth-order valence-electron chi connectivity index (χ4n) is 0.842. The quantitative estimate of drug-likeness (QED) is 0.650. The van der Waals surface area contributed by atoms with E-state index in [1.807, 2.05) is 0 Å². The smallest absolute Gasteiger partial charge is 0.164 e. The number of rotatable bonds is 3. The number of benzene rings is 1. The molecule has 0 aliphatic heterocycles. The van der Waals surface area contributed by atoms with Crippen LogP contribution in [-0.4, -0.2) is 12.3 Å². The Bertz CT molecular complexity index is 231. The van der Waals surface area contributed by atoms with E-state index < -0.39 is 0 Å². The van der Waals surface area contributed by atoms with E-state index in [1.54, 1.807) is 24.3 Å². The summed E-state index contributed by atoms with van der Waals surface area (Å²) in [6.07, 6.45) is 0.415. The zero-order valence-corrected chi connectivity index (χ0v) is 6.21. The van der Waals surface area contributed by atoms with Gasteiger partial charge < -0.3 is 5.73 Å². The summed E-state index contributed by atoms with van der Waals surface area (Å²) in [5, 5.41) is 0. The first kappa shape index (κ1) is 7.95. The van der Waals surface area contributed by atoms with E-state index in [0.717, 1.165) is 0 Å². The molecule has 0 heterocycles. The molecule has 0 unspecified atom stereocenters. The van der Waals surface area contributed by atoms with Gasteiger partial charge in [0.1, 0.15) is 0 Å². The Balaban J connectivity index is 2.69. The second-order valence-electron chi connectivity index (χ2n) is 2.25. The van der Waals surface area contributed by atoms with Crippen LogP contribution < -0.4 is 5.73 Å². The minimum absolute atomic E-state index is 0.0874. The molecule has 1 rings (SSSR count). The van der Waals surface area contributed by atoms with Crippen LogP contribution in [0.25, 0.3) is 0 Å². The monoisotopic (exact) mass is 148 g/mol. The highest BCUT2D eigenvalue weighted by molar-refractivity contribution is 5.96. The molecule has 2 N–H and O–H groups in total. The molecule has 2 nitrogen and oxygen atoms in total. The molecule has 0 atom stereocenters. The Hall–Kier alpha value is -1.15. The molecule has 0 saturated heterocycles. The molecule has 0 fully saturated rings. The molecule has 1 aromatic rings. The van der Waals surface area contributed by atoms with Gasteiger partial charge in [-0.15, -0.1) is 0 Å². The van der Waals surface area contributed by atoms with Gasteiger partial charge in [0, 0.05) is 12.0 Å². The highest BCUT2D eigenvalue weighted by atomic mass is 16.1. The van der Waals surface area contributed by atoms with E-state index in [4.69, 9.17) is 5.73 Å². The Kier molecular flexibility index (Phi) is 2.81. The SMILES string of the molecule is NCCC(=O)c1c[c]ccc1. The van der Waals surface area contributed by atoms with Crippen molar-refractivity contribution in [3.63, 3.8) is 0 Å². The summed E-state index contributed by atoms with van der Waals surface area (Å²) in [6.45, 7) is 0.410. The number of Topliss-reactive ketones (excluding diaryl/α,β-unsaturated/α-hetero) is 1. The summed E-state index contributed by atoms with van der Waals surface area (Å²) in [6, 6.07) is 9.85. The van der Waals surface area contributed by atoms with Crippen LogP contribution in [0.5, 0.6) is 0 Å². The minimum atomic E-state index is 0.0874. The number of carbonyl (C=O) groups excluding carboxylic acids is 1. The first-order valence-electron chi connectivity index (χ1n) is 3.54. The highest BCUT2D eigenvalue weighted by Gasteiger charge is 2.01. The van der Waals surface area contributed by atoms with E-state index in [-0.39, 0.29) is 5.78 Å². The lowest BCUT2D eigenvalue weighted by molar-refractivity contribution is 0.0985. The number of hydrogen-bond donors (Lipinski definition) is 1.